The largest absolute Gasteiger partial charge is 0.466 e. The Bertz CT molecular complexity index is 158. The molecule has 0 spiro atoms. The first-order chi connectivity index (χ1) is 4.75. The summed E-state index contributed by atoms with van der Waals surface area (Å²) in [6.07, 6.45) is 0.793. The molecule has 0 N–H and O–H groups in total. The Morgan fingerprint density at radius 2 is 2.40 bits per heavy atom. The number of rotatable bonds is 2. The second-order valence-corrected chi connectivity index (χ2v) is 2.16. The summed E-state index contributed by atoms with van der Waals surface area (Å²) in [5.74, 6) is -0.371. The molecule has 3 nitrogen and oxygen atoms in total. The molecule has 1 atom stereocenters. The SMILES string of the molecule is C=C(C(=O)OC)C1CCO1. The van der Waals surface area contributed by atoms with Crippen molar-refractivity contribution in [1.82, 2.24) is 0 Å². The van der Waals surface area contributed by atoms with Crippen molar-refractivity contribution in [2.24, 2.45) is 0 Å². The molecule has 3 heteroatoms. The minimum atomic E-state index is -0.371. The van der Waals surface area contributed by atoms with Crippen molar-refractivity contribution < 1.29 is 14.3 Å². The predicted octanol–water partition coefficient (Wildman–Crippen LogP) is 0.504. The number of carbonyl (C=O) groups excluding carboxylic acids is 1. The fourth-order valence-corrected chi connectivity index (χ4v) is 0.773. The van der Waals surface area contributed by atoms with Crippen LogP contribution < -0.4 is 0 Å². The van der Waals surface area contributed by atoms with Gasteiger partial charge in [-0.1, -0.05) is 6.58 Å². The van der Waals surface area contributed by atoms with Gasteiger partial charge in [-0.2, -0.15) is 0 Å². The van der Waals surface area contributed by atoms with Crippen LogP contribution in [0.4, 0.5) is 0 Å². The van der Waals surface area contributed by atoms with Crippen molar-refractivity contribution in [3.8, 4) is 0 Å². The van der Waals surface area contributed by atoms with Gasteiger partial charge in [-0.15, -0.1) is 0 Å². The Morgan fingerprint density at radius 3 is 2.70 bits per heavy atom. The highest BCUT2D eigenvalue weighted by Gasteiger charge is 2.26. The van der Waals surface area contributed by atoms with Gasteiger partial charge in [0.05, 0.1) is 25.4 Å². The molecule has 1 unspecified atom stereocenters. The molecule has 1 fully saturated rings. The topological polar surface area (TPSA) is 35.5 Å². The van der Waals surface area contributed by atoms with Gasteiger partial charge in [0.2, 0.25) is 0 Å². The van der Waals surface area contributed by atoms with E-state index in [2.05, 4.69) is 11.3 Å². The van der Waals surface area contributed by atoms with Gasteiger partial charge in [0.15, 0.2) is 0 Å². The van der Waals surface area contributed by atoms with E-state index in [0.29, 0.717) is 5.57 Å². The number of methoxy groups -OCH3 is 1. The smallest absolute Gasteiger partial charge is 0.335 e. The van der Waals surface area contributed by atoms with E-state index in [1.807, 2.05) is 0 Å². The summed E-state index contributed by atoms with van der Waals surface area (Å²) in [6.45, 7) is 4.27. The van der Waals surface area contributed by atoms with Gasteiger partial charge in [-0.05, 0) is 0 Å². The zero-order valence-corrected chi connectivity index (χ0v) is 5.92. The third-order valence-corrected chi connectivity index (χ3v) is 1.54. The van der Waals surface area contributed by atoms with E-state index >= 15 is 0 Å². The molecule has 0 radical (unpaired) electrons. The highest BCUT2D eigenvalue weighted by atomic mass is 16.5. The molecule has 0 aromatic heterocycles. The molecular formula is C7H10O3. The Labute approximate surface area is 59.6 Å². The summed E-state index contributed by atoms with van der Waals surface area (Å²) in [7, 11) is 1.34. The van der Waals surface area contributed by atoms with Gasteiger partial charge >= 0.3 is 5.97 Å². The van der Waals surface area contributed by atoms with Gasteiger partial charge in [0, 0.05) is 6.42 Å². The van der Waals surface area contributed by atoms with Crippen LogP contribution in [0.15, 0.2) is 12.2 Å². The summed E-state index contributed by atoms with van der Waals surface area (Å²) in [5.41, 5.74) is 0.425. The molecule has 0 amide bonds. The van der Waals surface area contributed by atoms with Crippen LogP contribution in [0.3, 0.4) is 0 Å². The van der Waals surface area contributed by atoms with Crippen molar-refractivity contribution in [1.29, 1.82) is 0 Å². The molecular weight excluding hydrogens is 132 g/mol. The van der Waals surface area contributed by atoms with E-state index in [0.717, 1.165) is 13.0 Å². The second-order valence-electron chi connectivity index (χ2n) is 2.16. The maximum atomic E-state index is 10.7. The summed E-state index contributed by atoms with van der Waals surface area (Å²) >= 11 is 0. The van der Waals surface area contributed by atoms with Crippen molar-refractivity contribution in [3.63, 3.8) is 0 Å². The van der Waals surface area contributed by atoms with Gasteiger partial charge in [-0.3, -0.25) is 0 Å². The van der Waals surface area contributed by atoms with Crippen LogP contribution >= 0.6 is 0 Å². The molecule has 0 saturated carbocycles. The maximum Gasteiger partial charge on any atom is 0.335 e. The van der Waals surface area contributed by atoms with Gasteiger partial charge in [-0.25, -0.2) is 4.79 Å². The lowest BCUT2D eigenvalue weighted by Crippen LogP contribution is -2.31. The Hall–Kier alpha value is -0.830. The normalized spacial score (nSPS) is 23.1. The van der Waals surface area contributed by atoms with Crippen LogP contribution in [0.1, 0.15) is 6.42 Å². The van der Waals surface area contributed by atoms with Crippen LogP contribution in [-0.2, 0) is 14.3 Å². The molecule has 0 aromatic carbocycles. The standard InChI is InChI=1S/C7H10O3/c1-5(7(8)9-2)6-3-4-10-6/h6H,1,3-4H2,2H3. The lowest BCUT2D eigenvalue weighted by Gasteiger charge is -2.26. The minimum absolute atomic E-state index is 0.0903. The maximum absolute atomic E-state index is 10.7. The van der Waals surface area contributed by atoms with Gasteiger partial charge in [0.25, 0.3) is 0 Å². The molecule has 1 aliphatic heterocycles. The van der Waals surface area contributed by atoms with Crippen LogP contribution in [0.25, 0.3) is 0 Å². The molecule has 0 bridgehead atoms. The van der Waals surface area contributed by atoms with E-state index in [9.17, 15) is 4.79 Å². The van der Waals surface area contributed by atoms with E-state index < -0.39 is 0 Å². The minimum Gasteiger partial charge on any atom is -0.466 e. The molecule has 1 heterocycles. The lowest BCUT2D eigenvalue weighted by molar-refractivity contribution is -0.139. The summed E-state index contributed by atoms with van der Waals surface area (Å²) in [4.78, 5) is 10.7. The van der Waals surface area contributed by atoms with Gasteiger partial charge < -0.3 is 9.47 Å². The Kier molecular flexibility index (Phi) is 2.06. The molecule has 10 heavy (non-hydrogen) atoms. The molecule has 0 aromatic rings. The third-order valence-electron chi connectivity index (χ3n) is 1.54. The van der Waals surface area contributed by atoms with Crippen molar-refractivity contribution in [2.45, 2.75) is 12.5 Å². The summed E-state index contributed by atoms with van der Waals surface area (Å²) in [5, 5.41) is 0. The quantitative estimate of drug-likeness (QED) is 0.416. The molecule has 1 aliphatic rings. The van der Waals surface area contributed by atoms with E-state index in [4.69, 9.17) is 4.74 Å². The first kappa shape index (κ1) is 7.28. The number of ether oxygens (including phenoxy) is 2. The lowest BCUT2D eigenvalue weighted by atomic mass is 10.1. The molecule has 1 rings (SSSR count). The Balaban J connectivity index is 2.39. The average Bonchev–Trinajstić information content (AvgIpc) is 1.82. The molecule has 1 saturated heterocycles. The third kappa shape index (κ3) is 1.19. The van der Waals surface area contributed by atoms with E-state index in [-0.39, 0.29) is 12.1 Å². The first-order valence-corrected chi connectivity index (χ1v) is 3.14. The van der Waals surface area contributed by atoms with E-state index in [1.54, 1.807) is 0 Å². The number of hydrogen-bond acceptors (Lipinski definition) is 3. The van der Waals surface area contributed by atoms with Crippen LogP contribution in [0.5, 0.6) is 0 Å². The van der Waals surface area contributed by atoms with Crippen molar-refractivity contribution in [3.05, 3.63) is 12.2 Å². The van der Waals surface area contributed by atoms with E-state index in [1.165, 1.54) is 7.11 Å². The van der Waals surface area contributed by atoms with Gasteiger partial charge in [0.1, 0.15) is 0 Å². The number of carbonyl (C=O) groups is 1. The summed E-state index contributed by atoms with van der Waals surface area (Å²) < 4.78 is 9.47. The fraction of sp³-hybridized carbons (Fsp3) is 0.571. The average molecular weight is 142 g/mol. The van der Waals surface area contributed by atoms with Crippen molar-refractivity contribution in [2.75, 3.05) is 13.7 Å². The molecule has 56 valence electrons. The number of hydrogen-bond donors (Lipinski definition) is 0. The predicted molar refractivity (Wildman–Crippen MR) is 35.5 cm³/mol. The second kappa shape index (κ2) is 2.84. The zero-order chi connectivity index (χ0) is 7.56. The monoisotopic (exact) mass is 142 g/mol. The zero-order valence-electron chi connectivity index (χ0n) is 5.92. The van der Waals surface area contributed by atoms with Crippen LogP contribution in [-0.4, -0.2) is 25.8 Å². The van der Waals surface area contributed by atoms with Crippen LogP contribution in [0, 0.1) is 0 Å². The fourth-order valence-electron chi connectivity index (χ4n) is 0.773. The highest BCUT2D eigenvalue weighted by Crippen LogP contribution is 2.18. The summed E-state index contributed by atoms with van der Waals surface area (Å²) in [6, 6.07) is 0. The Morgan fingerprint density at radius 1 is 1.80 bits per heavy atom. The van der Waals surface area contributed by atoms with Crippen LogP contribution in [0.2, 0.25) is 0 Å². The number of esters is 1. The highest BCUT2D eigenvalue weighted by molar-refractivity contribution is 5.88. The first-order valence-electron chi connectivity index (χ1n) is 3.14. The van der Waals surface area contributed by atoms with Crippen molar-refractivity contribution >= 4 is 5.97 Å². The molecule has 0 aliphatic carbocycles.